The summed E-state index contributed by atoms with van der Waals surface area (Å²) in [5, 5.41) is 23.3. The maximum absolute atomic E-state index is 15.2. The molecule has 5 aliphatic carbocycles. The van der Waals surface area contributed by atoms with Crippen LogP contribution >= 0.6 is 0 Å². The lowest BCUT2D eigenvalue weighted by Crippen LogP contribution is -2.67. The number of hydrogen-bond donors (Lipinski definition) is 2. The van der Waals surface area contributed by atoms with Crippen molar-refractivity contribution in [2.75, 3.05) is 13.7 Å². The zero-order valence-corrected chi connectivity index (χ0v) is 32.5. The first-order chi connectivity index (χ1) is 24.5. The van der Waals surface area contributed by atoms with Gasteiger partial charge < -0.3 is 24.4 Å². The van der Waals surface area contributed by atoms with Crippen LogP contribution in [-0.2, 0) is 34.2 Å². The molecular weight excluding hydrogens is 689 g/mol. The average Bonchev–Trinajstić information content (AvgIpc) is 3.40. The van der Waals surface area contributed by atoms with Gasteiger partial charge in [0.1, 0.15) is 12.2 Å². The van der Waals surface area contributed by atoms with Crippen molar-refractivity contribution < 1.29 is 52.0 Å². The quantitative estimate of drug-likeness (QED) is 0.220. The molecule has 5 aliphatic rings. The van der Waals surface area contributed by atoms with Crippen LogP contribution in [-0.4, -0.2) is 66.1 Å². The molecule has 0 spiro atoms. The second-order valence-corrected chi connectivity index (χ2v) is 18.5. The van der Waals surface area contributed by atoms with Crippen molar-refractivity contribution in [3.63, 3.8) is 0 Å². The molecule has 4 fully saturated rings. The monoisotopic (exact) mass is 746 g/mol. The SMILES string of the molecule is CO[C@](C(=O)O[C@@H]1C[C@@H](C(C)C)[C@]2(COC(C)=O)CC[C@@]3(C)[C@H]4C(=CC[C@]3(C)[C@@H]12)[C@@]1(C)C[C@@H](O)C(=O)C(C)(C)[C@@H]1C[C@@H]4O)(c1ccccc1)C(F)(F)F. The molecule has 294 valence electrons. The molecule has 8 nitrogen and oxygen atoms in total. The van der Waals surface area contributed by atoms with E-state index in [1.807, 2.05) is 27.7 Å². The molecule has 0 saturated heterocycles. The Morgan fingerprint density at radius 3 is 2.19 bits per heavy atom. The lowest BCUT2D eigenvalue weighted by atomic mass is 9.35. The third-order valence-electron chi connectivity index (χ3n) is 15.6. The van der Waals surface area contributed by atoms with E-state index in [4.69, 9.17) is 14.2 Å². The van der Waals surface area contributed by atoms with Crippen LogP contribution < -0.4 is 0 Å². The van der Waals surface area contributed by atoms with E-state index >= 15 is 13.2 Å². The molecule has 1 aromatic carbocycles. The van der Waals surface area contributed by atoms with Gasteiger partial charge in [0.25, 0.3) is 5.60 Å². The molecule has 4 saturated carbocycles. The molecule has 12 atom stereocenters. The number of halogens is 3. The fourth-order valence-electron chi connectivity index (χ4n) is 13.1. The molecule has 0 radical (unpaired) electrons. The number of carbonyl (C=O) groups excluding carboxylic acids is 3. The summed E-state index contributed by atoms with van der Waals surface area (Å²) in [5.41, 5.74) is -6.35. The summed E-state index contributed by atoms with van der Waals surface area (Å²) in [6.45, 7) is 15.5. The number of rotatable bonds is 7. The van der Waals surface area contributed by atoms with Crippen LogP contribution in [0.1, 0.15) is 99.5 Å². The number of Topliss-reactive ketones (excluding diaryl/α,β-unsaturated/α-hetero) is 1. The van der Waals surface area contributed by atoms with Crippen molar-refractivity contribution in [1.82, 2.24) is 0 Å². The third kappa shape index (κ3) is 5.43. The minimum absolute atomic E-state index is 0.00627. The summed E-state index contributed by atoms with van der Waals surface area (Å²) in [6.07, 6.45) is -3.53. The fraction of sp³-hybridized carbons (Fsp3) is 0.738. The van der Waals surface area contributed by atoms with Crippen molar-refractivity contribution in [3.8, 4) is 0 Å². The summed E-state index contributed by atoms with van der Waals surface area (Å²) >= 11 is 0. The van der Waals surface area contributed by atoms with Crippen molar-refractivity contribution in [2.45, 2.75) is 124 Å². The Bertz CT molecular complexity index is 1660. The second-order valence-electron chi connectivity index (χ2n) is 18.5. The highest BCUT2D eigenvalue weighted by Crippen LogP contribution is 2.76. The molecule has 0 unspecified atom stereocenters. The van der Waals surface area contributed by atoms with Crippen LogP contribution in [0, 0.1) is 56.7 Å². The van der Waals surface area contributed by atoms with Gasteiger partial charge in [0.2, 0.25) is 0 Å². The molecule has 2 N–H and O–H groups in total. The van der Waals surface area contributed by atoms with Crippen LogP contribution in [0.5, 0.6) is 0 Å². The number of hydrogen-bond acceptors (Lipinski definition) is 8. The topological polar surface area (TPSA) is 119 Å². The molecule has 1 aromatic rings. The number of esters is 2. The third-order valence-corrected chi connectivity index (χ3v) is 15.6. The minimum atomic E-state index is -5.16. The molecule has 6 rings (SSSR count). The predicted molar refractivity (Wildman–Crippen MR) is 190 cm³/mol. The Hall–Kier alpha value is -2.76. The summed E-state index contributed by atoms with van der Waals surface area (Å²) in [4.78, 5) is 40.0. The van der Waals surface area contributed by atoms with Crippen LogP contribution in [0.15, 0.2) is 42.0 Å². The van der Waals surface area contributed by atoms with Crippen molar-refractivity contribution in [1.29, 1.82) is 0 Å². The second kappa shape index (κ2) is 12.9. The molecule has 0 aromatic heterocycles. The van der Waals surface area contributed by atoms with E-state index in [0.717, 1.165) is 12.7 Å². The van der Waals surface area contributed by atoms with E-state index in [-0.39, 0.29) is 43.0 Å². The number of ketones is 1. The van der Waals surface area contributed by atoms with Gasteiger partial charge in [0.15, 0.2) is 5.78 Å². The largest absolute Gasteiger partial charge is 0.465 e. The zero-order valence-electron chi connectivity index (χ0n) is 32.5. The van der Waals surface area contributed by atoms with Crippen molar-refractivity contribution >= 4 is 17.7 Å². The highest BCUT2D eigenvalue weighted by atomic mass is 19.4. The normalized spacial score (nSPS) is 41.6. The van der Waals surface area contributed by atoms with Gasteiger partial charge in [-0.15, -0.1) is 0 Å². The first kappa shape index (κ1) is 39.9. The number of benzene rings is 1. The summed E-state index contributed by atoms with van der Waals surface area (Å²) in [7, 11) is 0.861. The van der Waals surface area contributed by atoms with Gasteiger partial charge in [-0.3, -0.25) is 9.59 Å². The maximum Gasteiger partial charge on any atom is 0.432 e. The Morgan fingerprint density at radius 2 is 1.62 bits per heavy atom. The first-order valence-electron chi connectivity index (χ1n) is 19.1. The summed E-state index contributed by atoms with van der Waals surface area (Å²) < 4.78 is 62.7. The van der Waals surface area contributed by atoms with Gasteiger partial charge in [0, 0.05) is 42.3 Å². The number of aliphatic hydroxyl groups excluding tert-OH is 2. The predicted octanol–water partition coefficient (Wildman–Crippen LogP) is 7.34. The molecule has 53 heavy (non-hydrogen) atoms. The standard InChI is InChI=1S/C42H57F3O8/c1-23(2)27-19-30(53-35(50)41(51-9,42(43,44)45)25-13-11-10-12-14-25)33-39(8)16-15-26-32(38(39,7)17-18-40(27,33)22-52-24(3)46)28(47)20-31-36(4,5)34(49)29(48)21-37(26,31)6/h10-15,23,27-33,47-48H,16-22H2,1-9H3/t27-,28-,29+,30+,31-,32-,33+,37+,38-,39+,40+,41-/m0/s1. The number of carbonyl (C=O) groups is 3. The van der Waals surface area contributed by atoms with Crippen LogP contribution in [0.3, 0.4) is 0 Å². The summed E-state index contributed by atoms with van der Waals surface area (Å²) in [6, 6.07) is 6.80. The van der Waals surface area contributed by atoms with Gasteiger partial charge >= 0.3 is 18.1 Å². The smallest absolute Gasteiger partial charge is 0.432 e. The van der Waals surface area contributed by atoms with Crippen molar-refractivity contribution in [3.05, 3.63) is 47.5 Å². The molecule has 11 heteroatoms. The Balaban J connectivity index is 1.51. The molecule has 0 heterocycles. The van der Waals surface area contributed by atoms with E-state index in [1.54, 1.807) is 6.07 Å². The lowest BCUT2D eigenvalue weighted by molar-refractivity contribution is -0.281. The minimum Gasteiger partial charge on any atom is -0.465 e. The molecule has 0 bridgehead atoms. The Labute approximate surface area is 311 Å². The lowest BCUT2D eigenvalue weighted by Gasteiger charge is -2.70. The summed E-state index contributed by atoms with van der Waals surface area (Å²) in [5.74, 6) is -3.57. The van der Waals surface area contributed by atoms with Crippen LogP contribution in [0.4, 0.5) is 13.2 Å². The highest BCUT2D eigenvalue weighted by Gasteiger charge is 2.75. The Morgan fingerprint density at radius 1 is 0.981 bits per heavy atom. The maximum atomic E-state index is 15.2. The molecule has 0 aliphatic heterocycles. The zero-order chi connectivity index (χ0) is 39.3. The van der Waals surface area contributed by atoms with Gasteiger partial charge in [-0.25, -0.2) is 4.79 Å². The average molecular weight is 747 g/mol. The van der Waals surface area contributed by atoms with E-state index in [2.05, 4.69) is 26.8 Å². The van der Waals surface area contributed by atoms with E-state index in [0.29, 0.717) is 25.7 Å². The van der Waals surface area contributed by atoms with Crippen LogP contribution in [0.2, 0.25) is 0 Å². The number of ether oxygens (including phenoxy) is 3. The number of methoxy groups -OCH3 is 1. The van der Waals surface area contributed by atoms with Gasteiger partial charge in [-0.1, -0.05) is 90.4 Å². The van der Waals surface area contributed by atoms with Crippen molar-refractivity contribution in [2.24, 2.45) is 56.7 Å². The molecular formula is C42H57F3O8. The fourth-order valence-corrected chi connectivity index (χ4v) is 13.1. The number of aliphatic hydroxyl groups is 2. The van der Waals surface area contributed by atoms with Gasteiger partial charge in [-0.2, -0.15) is 13.2 Å². The number of allylic oxidation sites excluding steroid dienone is 1. The van der Waals surface area contributed by atoms with E-state index < -0.39 is 86.5 Å². The number of fused-ring (bicyclic) bond motifs is 7. The highest BCUT2D eigenvalue weighted by molar-refractivity contribution is 5.89. The van der Waals surface area contributed by atoms with E-state index in [1.165, 1.54) is 31.2 Å². The van der Waals surface area contributed by atoms with Gasteiger partial charge in [0.05, 0.1) is 12.7 Å². The molecule has 0 amide bonds. The van der Waals surface area contributed by atoms with Crippen LogP contribution in [0.25, 0.3) is 0 Å². The van der Waals surface area contributed by atoms with E-state index in [9.17, 15) is 24.6 Å². The first-order valence-corrected chi connectivity index (χ1v) is 19.1. The van der Waals surface area contributed by atoms with Gasteiger partial charge in [-0.05, 0) is 72.5 Å². The Kier molecular flexibility index (Phi) is 9.72. The number of alkyl halides is 3.